The highest BCUT2D eigenvalue weighted by molar-refractivity contribution is 6.01. The molecule has 0 saturated heterocycles. The maximum absolute atomic E-state index is 11.5. The van der Waals surface area contributed by atoms with Crippen molar-refractivity contribution in [3.8, 4) is 17.0 Å². The number of anilines is 1. The van der Waals surface area contributed by atoms with Crippen LogP contribution in [0.2, 0.25) is 0 Å². The highest BCUT2D eigenvalue weighted by Gasteiger charge is 2.18. The van der Waals surface area contributed by atoms with Crippen LogP contribution in [-0.4, -0.2) is 23.0 Å². The number of carbonyl (C=O) groups is 1. The van der Waals surface area contributed by atoms with Crippen LogP contribution in [0.15, 0.2) is 30.6 Å². The topological polar surface area (TPSA) is 104 Å². The fourth-order valence-corrected chi connectivity index (χ4v) is 1.66. The number of hydrogen-bond acceptors (Lipinski definition) is 5. The van der Waals surface area contributed by atoms with Gasteiger partial charge in [0.1, 0.15) is 17.1 Å². The Labute approximate surface area is 104 Å². The highest BCUT2D eigenvalue weighted by atomic mass is 16.5. The number of aromatic nitrogens is 2. The van der Waals surface area contributed by atoms with Gasteiger partial charge in [-0.2, -0.15) is 0 Å². The first-order valence-corrected chi connectivity index (χ1v) is 5.18. The Balaban J connectivity index is 2.73. The van der Waals surface area contributed by atoms with E-state index in [1.54, 1.807) is 24.5 Å². The van der Waals surface area contributed by atoms with Gasteiger partial charge >= 0.3 is 0 Å². The van der Waals surface area contributed by atoms with E-state index in [0.29, 0.717) is 17.0 Å². The van der Waals surface area contributed by atoms with Gasteiger partial charge in [-0.25, -0.2) is 4.98 Å². The molecule has 0 bridgehead atoms. The highest BCUT2D eigenvalue weighted by Crippen LogP contribution is 2.30. The van der Waals surface area contributed by atoms with Crippen LogP contribution in [0.5, 0.6) is 5.75 Å². The number of hydrogen-bond donors (Lipinski definition) is 2. The van der Waals surface area contributed by atoms with E-state index in [1.807, 2.05) is 0 Å². The van der Waals surface area contributed by atoms with Gasteiger partial charge < -0.3 is 16.2 Å². The van der Waals surface area contributed by atoms with Gasteiger partial charge in [-0.05, 0) is 12.1 Å². The number of methoxy groups -OCH3 is 1. The van der Waals surface area contributed by atoms with Gasteiger partial charge in [-0.3, -0.25) is 9.78 Å². The molecule has 0 atom stereocenters. The molecule has 0 aliphatic carbocycles. The zero-order valence-electron chi connectivity index (χ0n) is 9.75. The summed E-state index contributed by atoms with van der Waals surface area (Å²) in [6.45, 7) is 0. The molecule has 0 saturated carbocycles. The standard InChI is InChI=1S/C12H12N4O2/c1-18-8-6-9(13)16-11(10(8)12(14)17)7-2-4-15-5-3-7/h2-6H,1H3,(H2,13,16)(H2,14,17). The third-order valence-corrected chi connectivity index (χ3v) is 2.42. The number of amides is 1. The van der Waals surface area contributed by atoms with Crippen LogP contribution in [0.25, 0.3) is 11.3 Å². The number of nitrogens with two attached hydrogens (primary N) is 2. The van der Waals surface area contributed by atoms with E-state index >= 15 is 0 Å². The van der Waals surface area contributed by atoms with Crippen molar-refractivity contribution in [2.45, 2.75) is 0 Å². The minimum absolute atomic E-state index is 0.206. The van der Waals surface area contributed by atoms with Gasteiger partial charge in [0.2, 0.25) is 0 Å². The summed E-state index contributed by atoms with van der Waals surface area (Å²) in [6, 6.07) is 4.89. The Morgan fingerprint density at radius 1 is 1.33 bits per heavy atom. The van der Waals surface area contributed by atoms with Crippen molar-refractivity contribution < 1.29 is 9.53 Å². The minimum atomic E-state index is -0.619. The minimum Gasteiger partial charge on any atom is -0.496 e. The summed E-state index contributed by atoms with van der Waals surface area (Å²) in [7, 11) is 1.44. The number of nitrogen functional groups attached to an aromatic ring is 1. The molecule has 4 N–H and O–H groups in total. The second kappa shape index (κ2) is 4.70. The lowest BCUT2D eigenvalue weighted by atomic mass is 10.1. The van der Waals surface area contributed by atoms with Crippen molar-refractivity contribution in [2.24, 2.45) is 5.73 Å². The monoisotopic (exact) mass is 244 g/mol. The van der Waals surface area contributed by atoms with E-state index in [2.05, 4.69) is 9.97 Å². The lowest BCUT2D eigenvalue weighted by Crippen LogP contribution is -2.15. The number of primary amides is 1. The van der Waals surface area contributed by atoms with Crippen LogP contribution in [0.1, 0.15) is 10.4 Å². The van der Waals surface area contributed by atoms with Crippen LogP contribution >= 0.6 is 0 Å². The van der Waals surface area contributed by atoms with Gasteiger partial charge in [0.25, 0.3) is 5.91 Å². The molecule has 0 aliphatic heterocycles. The molecule has 92 valence electrons. The molecule has 0 spiro atoms. The molecular weight excluding hydrogens is 232 g/mol. The largest absolute Gasteiger partial charge is 0.496 e. The quantitative estimate of drug-likeness (QED) is 0.832. The summed E-state index contributed by atoms with van der Waals surface area (Å²) in [6.07, 6.45) is 3.19. The summed E-state index contributed by atoms with van der Waals surface area (Å²) < 4.78 is 5.11. The van der Waals surface area contributed by atoms with E-state index in [0.717, 1.165) is 0 Å². The first-order chi connectivity index (χ1) is 8.63. The second-order valence-electron chi connectivity index (χ2n) is 3.57. The number of rotatable bonds is 3. The molecule has 2 aromatic rings. The summed E-state index contributed by atoms with van der Waals surface area (Å²) in [5, 5.41) is 0. The molecule has 0 fully saturated rings. The summed E-state index contributed by atoms with van der Waals surface area (Å²) in [5.41, 5.74) is 12.3. The van der Waals surface area contributed by atoms with Crippen molar-refractivity contribution in [3.63, 3.8) is 0 Å². The van der Waals surface area contributed by atoms with Crippen molar-refractivity contribution in [3.05, 3.63) is 36.2 Å². The Hall–Kier alpha value is -2.63. The summed E-state index contributed by atoms with van der Waals surface area (Å²) in [4.78, 5) is 19.6. The van der Waals surface area contributed by atoms with Crippen molar-refractivity contribution in [1.29, 1.82) is 0 Å². The van der Waals surface area contributed by atoms with Gasteiger partial charge in [-0.1, -0.05) is 0 Å². The number of nitrogens with zero attached hydrogens (tertiary/aromatic N) is 2. The van der Waals surface area contributed by atoms with Gasteiger partial charge in [-0.15, -0.1) is 0 Å². The zero-order chi connectivity index (χ0) is 13.1. The maximum Gasteiger partial charge on any atom is 0.254 e. The third-order valence-electron chi connectivity index (χ3n) is 2.42. The maximum atomic E-state index is 11.5. The van der Waals surface area contributed by atoms with Gasteiger partial charge in [0.15, 0.2) is 0 Å². The predicted octanol–water partition coefficient (Wildman–Crippen LogP) is 0.833. The summed E-state index contributed by atoms with van der Waals surface area (Å²) >= 11 is 0. The molecule has 18 heavy (non-hydrogen) atoms. The van der Waals surface area contributed by atoms with Crippen LogP contribution in [0.3, 0.4) is 0 Å². The molecule has 2 rings (SSSR count). The van der Waals surface area contributed by atoms with Crippen LogP contribution in [-0.2, 0) is 0 Å². The normalized spacial score (nSPS) is 10.1. The Kier molecular flexibility index (Phi) is 3.09. The average molecular weight is 244 g/mol. The van der Waals surface area contributed by atoms with Crippen molar-refractivity contribution in [2.75, 3.05) is 12.8 Å². The smallest absolute Gasteiger partial charge is 0.254 e. The zero-order valence-corrected chi connectivity index (χ0v) is 9.75. The average Bonchev–Trinajstić information content (AvgIpc) is 2.38. The predicted molar refractivity (Wildman–Crippen MR) is 67.0 cm³/mol. The van der Waals surface area contributed by atoms with E-state index < -0.39 is 5.91 Å². The second-order valence-corrected chi connectivity index (χ2v) is 3.57. The Morgan fingerprint density at radius 3 is 2.56 bits per heavy atom. The molecule has 0 radical (unpaired) electrons. The molecule has 1 amide bonds. The lowest BCUT2D eigenvalue weighted by molar-refractivity contribution is 0.0998. The molecule has 6 nitrogen and oxygen atoms in total. The Morgan fingerprint density at radius 2 is 2.00 bits per heavy atom. The van der Waals surface area contributed by atoms with Crippen LogP contribution in [0, 0.1) is 0 Å². The number of pyridine rings is 2. The first kappa shape index (κ1) is 11.8. The van der Waals surface area contributed by atoms with Crippen molar-refractivity contribution >= 4 is 11.7 Å². The molecule has 0 aliphatic rings. The summed E-state index contributed by atoms with van der Waals surface area (Å²) in [5.74, 6) is -0.0587. The van der Waals surface area contributed by atoms with Gasteiger partial charge in [0, 0.05) is 24.0 Å². The Bertz CT molecular complexity index is 584. The van der Waals surface area contributed by atoms with E-state index in [9.17, 15) is 4.79 Å². The molecule has 0 unspecified atom stereocenters. The fourth-order valence-electron chi connectivity index (χ4n) is 1.66. The molecule has 2 aromatic heterocycles. The SMILES string of the molecule is COc1cc(N)nc(-c2ccncc2)c1C(N)=O. The van der Waals surface area contributed by atoms with E-state index in [4.69, 9.17) is 16.2 Å². The molecule has 6 heteroatoms. The van der Waals surface area contributed by atoms with E-state index in [1.165, 1.54) is 13.2 Å². The molecular formula is C12H12N4O2. The molecule has 0 aromatic carbocycles. The van der Waals surface area contributed by atoms with Crippen molar-refractivity contribution in [1.82, 2.24) is 9.97 Å². The lowest BCUT2D eigenvalue weighted by Gasteiger charge is -2.11. The molecule has 2 heterocycles. The number of ether oxygens (including phenoxy) is 1. The third kappa shape index (κ3) is 2.08. The van der Waals surface area contributed by atoms with Crippen LogP contribution < -0.4 is 16.2 Å². The first-order valence-electron chi connectivity index (χ1n) is 5.18. The van der Waals surface area contributed by atoms with Crippen LogP contribution in [0.4, 0.5) is 5.82 Å². The van der Waals surface area contributed by atoms with E-state index in [-0.39, 0.29) is 11.4 Å². The van der Waals surface area contributed by atoms with Gasteiger partial charge in [0.05, 0.1) is 12.8 Å². The fraction of sp³-hybridized carbons (Fsp3) is 0.0833. The number of carbonyl (C=O) groups excluding carboxylic acids is 1.